The molecule has 0 radical (unpaired) electrons. The summed E-state index contributed by atoms with van der Waals surface area (Å²) >= 11 is 5.81. The zero-order valence-electron chi connectivity index (χ0n) is 8.46. The van der Waals surface area contributed by atoms with Gasteiger partial charge in [-0.25, -0.2) is 0 Å². The Kier molecular flexibility index (Phi) is 3.09. The van der Waals surface area contributed by atoms with E-state index in [1.165, 1.54) is 0 Å². The van der Waals surface area contributed by atoms with Crippen LogP contribution in [0.4, 0.5) is 0 Å². The summed E-state index contributed by atoms with van der Waals surface area (Å²) < 4.78 is 5.64. The fourth-order valence-corrected chi connectivity index (χ4v) is 1.54. The maximum Gasteiger partial charge on any atom is 0.134 e. The highest BCUT2D eigenvalue weighted by Gasteiger charge is 2.03. The average molecular weight is 222 g/mol. The van der Waals surface area contributed by atoms with Gasteiger partial charge in [0.1, 0.15) is 11.5 Å². The molecule has 3 heteroatoms. The Balaban J connectivity index is 2.25. The van der Waals surface area contributed by atoms with E-state index < -0.39 is 0 Å². The minimum Gasteiger partial charge on any atom is -0.460 e. The van der Waals surface area contributed by atoms with Crippen LogP contribution in [0, 0.1) is 0 Å². The van der Waals surface area contributed by atoms with E-state index in [0.29, 0.717) is 0 Å². The number of benzene rings is 1. The van der Waals surface area contributed by atoms with Crippen molar-refractivity contribution in [3.63, 3.8) is 0 Å². The first-order valence-corrected chi connectivity index (χ1v) is 5.16. The van der Waals surface area contributed by atoms with Crippen LogP contribution in [0.3, 0.4) is 0 Å². The van der Waals surface area contributed by atoms with Gasteiger partial charge in [0.05, 0.1) is 6.54 Å². The van der Waals surface area contributed by atoms with Crippen molar-refractivity contribution in [2.45, 2.75) is 6.54 Å². The van der Waals surface area contributed by atoms with E-state index in [1.54, 1.807) is 0 Å². The first-order valence-electron chi connectivity index (χ1n) is 4.79. The molecule has 1 aromatic heterocycles. The monoisotopic (exact) mass is 221 g/mol. The molecule has 0 atom stereocenters. The molecule has 0 bridgehead atoms. The molecule has 15 heavy (non-hydrogen) atoms. The molecule has 2 aromatic rings. The lowest BCUT2D eigenvalue weighted by Gasteiger charge is -1.97. The molecule has 0 amide bonds. The molecule has 0 unspecified atom stereocenters. The minimum absolute atomic E-state index is 0.737. The van der Waals surface area contributed by atoms with Gasteiger partial charge in [0.25, 0.3) is 0 Å². The average Bonchev–Trinajstić information content (AvgIpc) is 2.68. The Morgan fingerprint density at radius 1 is 1.13 bits per heavy atom. The van der Waals surface area contributed by atoms with Gasteiger partial charge in [-0.1, -0.05) is 11.6 Å². The summed E-state index contributed by atoms with van der Waals surface area (Å²) in [6.45, 7) is 0.744. The molecule has 0 saturated carbocycles. The number of halogens is 1. The first-order chi connectivity index (χ1) is 7.29. The maximum atomic E-state index is 5.81. The molecule has 0 aliphatic heterocycles. The highest BCUT2D eigenvalue weighted by molar-refractivity contribution is 6.30. The van der Waals surface area contributed by atoms with Gasteiger partial charge >= 0.3 is 0 Å². The third-order valence-electron chi connectivity index (χ3n) is 2.14. The van der Waals surface area contributed by atoms with Gasteiger partial charge in [0.15, 0.2) is 0 Å². The number of rotatable bonds is 3. The van der Waals surface area contributed by atoms with Gasteiger partial charge in [-0.3, -0.25) is 0 Å². The van der Waals surface area contributed by atoms with Crippen LogP contribution >= 0.6 is 11.6 Å². The van der Waals surface area contributed by atoms with Crippen LogP contribution in [0.15, 0.2) is 40.8 Å². The van der Waals surface area contributed by atoms with Crippen molar-refractivity contribution in [1.29, 1.82) is 0 Å². The molecule has 0 saturated heterocycles. The van der Waals surface area contributed by atoms with E-state index in [1.807, 2.05) is 43.4 Å². The van der Waals surface area contributed by atoms with Crippen LogP contribution < -0.4 is 5.32 Å². The van der Waals surface area contributed by atoms with E-state index in [9.17, 15) is 0 Å². The highest BCUT2D eigenvalue weighted by atomic mass is 35.5. The maximum absolute atomic E-state index is 5.81. The molecule has 78 valence electrons. The van der Waals surface area contributed by atoms with E-state index in [4.69, 9.17) is 16.0 Å². The summed E-state index contributed by atoms with van der Waals surface area (Å²) in [7, 11) is 1.89. The van der Waals surface area contributed by atoms with Gasteiger partial charge in [0, 0.05) is 10.6 Å². The van der Waals surface area contributed by atoms with Crippen molar-refractivity contribution in [3.05, 3.63) is 47.2 Å². The fraction of sp³-hybridized carbons (Fsp3) is 0.167. The second-order valence-corrected chi connectivity index (χ2v) is 3.74. The van der Waals surface area contributed by atoms with Crippen LogP contribution in [0.5, 0.6) is 0 Å². The first kappa shape index (κ1) is 10.3. The van der Waals surface area contributed by atoms with Crippen molar-refractivity contribution < 1.29 is 4.42 Å². The van der Waals surface area contributed by atoms with Gasteiger partial charge in [-0.15, -0.1) is 0 Å². The van der Waals surface area contributed by atoms with Crippen molar-refractivity contribution in [2.75, 3.05) is 7.05 Å². The Hall–Kier alpha value is -1.25. The van der Waals surface area contributed by atoms with Gasteiger partial charge in [0.2, 0.25) is 0 Å². The lowest BCUT2D eigenvalue weighted by Crippen LogP contribution is -2.03. The predicted molar refractivity (Wildman–Crippen MR) is 61.9 cm³/mol. The van der Waals surface area contributed by atoms with Crippen LogP contribution in [-0.2, 0) is 6.54 Å². The second-order valence-electron chi connectivity index (χ2n) is 3.30. The van der Waals surface area contributed by atoms with Crippen molar-refractivity contribution >= 4 is 11.6 Å². The number of hydrogen-bond acceptors (Lipinski definition) is 2. The standard InChI is InChI=1S/C12H12ClNO/c1-14-8-11-6-7-12(15-11)9-2-4-10(13)5-3-9/h2-7,14H,8H2,1H3. The van der Waals surface area contributed by atoms with Crippen LogP contribution in [0.1, 0.15) is 5.76 Å². The van der Waals surface area contributed by atoms with E-state index >= 15 is 0 Å². The highest BCUT2D eigenvalue weighted by Crippen LogP contribution is 2.23. The summed E-state index contributed by atoms with van der Waals surface area (Å²) in [6.07, 6.45) is 0. The van der Waals surface area contributed by atoms with Crippen LogP contribution in [0.25, 0.3) is 11.3 Å². The molecular formula is C12H12ClNO. The molecule has 0 aliphatic carbocycles. The SMILES string of the molecule is CNCc1ccc(-c2ccc(Cl)cc2)o1. The Morgan fingerprint density at radius 2 is 1.87 bits per heavy atom. The van der Waals surface area contributed by atoms with Gasteiger partial charge in [-0.2, -0.15) is 0 Å². The zero-order valence-corrected chi connectivity index (χ0v) is 9.21. The third-order valence-corrected chi connectivity index (χ3v) is 2.39. The van der Waals surface area contributed by atoms with Crippen LogP contribution in [0.2, 0.25) is 5.02 Å². The van der Waals surface area contributed by atoms with Crippen molar-refractivity contribution in [3.8, 4) is 11.3 Å². The minimum atomic E-state index is 0.737. The van der Waals surface area contributed by atoms with Gasteiger partial charge < -0.3 is 9.73 Å². The molecule has 1 N–H and O–H groups in total. The number of nitrogens with one attached hydrogen (secondary N) is 1. The van der Waals surface area contributed by atoms with Gasteiger partial charge in [-0.05, 0) is 43.4 Å². The molecule has 0 spiro atoms. The lowest BCUT2D eigenvalue weighted by atomic mass is 10.2. The predicted octanol–water partition coefficient (Wildman–Crippen LogP) is 3.32. The second kappa shape index (κ2) is 4.51. The Bertz CT molecular complexity index is 433. The number of furan rings is 1. The Labute approximate surface area is 93.9 Å². The van der Waals surface area contributed by atoms with E-state index in [2.05, 4.69) is 5.32 Å². The lowest BCUT2D eigenvalue weighted by molar-refractivity contribution is 0.507. The summed E-state index contributed by atoms with van der Waals surface area (Å²) in [5.74, 6) is 1.80. The molecule has 1 aromatic carbocycles. The summed E-state index contributed by atoms with van der Waals surface area (Å²) in [5.41, 5.74) is 1.04. The van der Waals surface area contributed by atoms with E-state index in [0.717, 1.165) is 28.7 Å². The van der Waals surface area contributed by atoms with E-state index in [-0.39, 0.29) is 0 Å². The topological polar surface area (TPSA) is 25.2 Å². The summed E-state index contributed by atoms with van der Waals surface area (Å²) in [4.78, 5) is 0. The molecule has 0 fully saturated rings. The third kappa shape index (κ3) is 2.41. The van der Waals surface area contributed by atoms with Crippen LogP contribution in [-0.4, -0.2) is 7.05 Å². The molecule has 2 nitrogen and oxygen atoms in total. The smallest absolute Gasteiger partial charge is 0.134 e. The molecule has 0 aliphatic rings. The fourth-order valence-electron chi connectivity index (χ4n) is 1.42. The Morgan fingerprint density at radius 3 is 2.53 bits per heavy atom. The quantitative estimate of drug-likeness (QED) is 0.860. The largest absolute Gasteiger partial charge is 0.460 e. The van der Waals surface area contributed by atoms with Crippen molar-refractivity contribution in [2.24, 2.45) is 0 Å². The molecular weight excluding hydrogens is 210 g/mol. The number of hydrogen-bond donors (Lipinski definition) is 1. The molecule has 1 heterocycles. The zero-order chi connectivity index (χ0) is 10.7. The summed E-state index contributed by atoms with van der Waals surface area (Å²) in [6, 6.07) is 11.6. The molecule has 2 rings (SSSR count). The summed E-state index contributed by atoms with van der Waals surface area (Å²) in [5, 5.41) is 3.78. The normalized spacial score (nSPS) is 10.5. The van der Waals surface area contributed by atoms with Crippen molar-refractivity contribution in [1.82, 2.24) is 5.32 Å².